The molecule has 5 heteroatoms. The summed E-state index contributed by atoms with van der Waals surface area (Å²) in [6, 6.07) is 11.6. The third-order valence-electron chi connectivity index (χ3n) is 3.41. The summed E-state index contributed by atoms with van der Waals surface area (Å²) in [6.45, 7) is 4.12. The van der Waals surface area contributed by atoms with Gasteiger partial charge in [0.2, 0.25) is 0 Å². The van der Waals surface area contributed by atoms with Crippen molar-refractivity contribution in [1.29, 1.82) is 0 Å². The first-order valence-corrected chi connectivity index (χ1v) is 7.36. The van der Waals surface area contributed by atoms with Gasteiger partial charge in [-0.3, -0.25) is 9.59 Å². The van der Waals surface area contributed by atoms with Gasteiger partial charge in [-0.25, -0.2) is 4.39 Å². The smallest absolute Gasteiger partial charge is 0.251 e. The van der Waals surface area contributed by atoms with Crippen LogP contribution in [0.2, 0.25) is 0 Å². The van der Waals surface area contributed by atoms with Crippen molar-refractivity contribution in [2.45, 2.75) is 13.8 Å². The molecule has 23 heavy (non-hydrogen) atoms. The second-order valence-corrected chi connectivity index (χ2v) is 5.35. The van der Waals surface area contributed by atoms with Crippen LogP contribution in [0.1, 0.15) is 31.8 Å². The van der Waals surface area contributed by atoms with E-state index < -0.39 is 5.82 Å². The highest BCUT2D eigenvalue weighted by Gasteiger charge is 2.08. The first-order valence-electron chi connectivity index (χ1n) is 7.36. The Bertz CT molecular complexity index is 729. The van der Waals surface area contributed by atoms with E-state index in [1.807, 2.05) is 19.1 Å². The van der Waals surface area contributed by atoms with E-state index in [-0.39, 0.29) is 23.9 Å². The predicted molar refractivity (Wildman–Crippen MR) is 87.0 cm³/mol. The van der Waals surface area contributed by atoms with Crippen molar-refractivity contribution in [2.24, 2.45) is 0 Å². The van der Waals surface area contributed by atoms with Crippen LogP contribution in [0.5, 0.6) is 0 Å². The molecule has 0 atom stereocenters. The summed E-state index contributed by atoms with van der Waals surface area (Å²) in [6.07, 6.45) is 0. The van der Waals surface area contributed by atoms with E-state index in [1.54, 1.807) is 31.2 Å². The van der Waals surface area contributed by atoms with Crippen LogP contribution in [-0.4, -0.2) is 24.9 Å². The van der Waals surface area contributed by atoms with Crippen LogP contribution in [0.4, 0.5) is 4.39 Å². The maximum Gasteiger partial charge on any atom is 0.251 e. The zero-order valence-electron chi connectivity index (χ0n) is 13.2. The molecule has 0 saturated carbocycles. The van der Waals surface area contributed by atoms with E-state index in [4.69, 9.17) is 0 Å². The zero-order valence-corrected chi connectivity index (χ0v) is 13.2. The highest BCUT2D eigenvalue weighted by Crippen LogP contribution is 2.08. The van der Waals surface area contributed by atoms with Gasteiger partial charge in [0.15, 0.2) is 0 Å². The van der Waals surface area contributed by atoms with Crippen molar-refractivity contribution >= 4 is 11.8 Å². The van der Waals surface area contributed by atoms with Crippen LogP contribution >= 0.6 is 0 Å². The Morgan fingerprint density at radius 1 is 0.913 bits per heavy atom. The van der Waals surface area contributed by atoms with Crippen LogP contribution in [0, 0.1) is 19.7 Å². The van der Waals surface area contributed by atoms with Gasteiger partial charge < -0.3 is 10.6 Å². The number of amides is 2. The lowest BCUT2D eigenvalue weighted by molar-refractivity contribution is 0.0927. The number of benzene rings is 2. The fourth-order valence-electron chi connectivity index (χ4n) is 2.08. The van der Waals surface area contributed by atoms with Crippen molar-refractivity contribution in [3.8, 4) is 0 Å². The average Bonchev–Trinajstić information content (AvgIpc) is 2.53. The molecule has 0 aliphatic heterocycles. The summed E-state index contributed by atoms with van der Waals surface area (Å²) < 4.78 is 13.4. The molecule has 0 aliphatic carbocycles. The molecule has 2 amide bonds. The predicted octanol–water partition coefficient (Wildman–Crippen LogP) is 2.60. The molecule has 0 saturated heterocycles. The fraction of sp³-hybridized carbons (Fsp3) is 0.222. The van der Waals surface area contributed by atoms with Gasteiger partial charge in [0.05, 0.1) is 0 Å². The molecule has 0 bridgehead atoms. The minimum absolute atomic E-state index is 0.190. The van der Waals surface area contributed by atoms with E-state index in [2.05, 4.69) is 10.6 Å². The number of nitrogens with one attached hydrogen (secondary N) is 2. The molecular formula is C18H19FN2O2. The normalized spacial score (nSPS) is 10.2. The van der Waals surface area contributed by atoms with E-state index in [0.717, 1.165) is 5.56 Å². The van der Waals surface area contributed by atoms with Crippen LogP contribution in [0.25, 0.3) is 0 Å². The fourth-order valence-corrected chi connectivity index (χ4v) is 2.08. The van der Waals surface area contributed by atoms with Crippen molar-refractivity contribution in [2.75, 3.05) is 13.1 Å². The maximum absolute atomic E-state index is 13.4. The number of rotatable bonds is 5. The third-order valence-corrected chi connectivity index (χ3v) is 3.41. The molecule has 0 heterocycles. The van der Waals surface area contributed by atoms with Crippen molar-refractivity contribution in [3.05, 3.63) is 70.5 Å². The monoisotopic (exact) mass is 314 g/mol. The van der Waals surface area contributed by atoms with Gasteiger partial charge in [0.25, 0.3) is 11.8 Å². The quantitative estimate of drug-likeness (QED) is 0.834. The standard InChI is InChI=1S/C18H19FN2O2/c1-12-4-3-5-14(10-12)17(22)20-8-9-21-18(23)15-7-6-13(2)16(19)11-15/h3-7,10-11H,8-9H2,1-2H3,(H,20,22)(H,21,23). The third kappa shape index (κ3) is 4.64. The molecular weight excluding hydrogens is 295 g/mol. The molecule has 0 spiro atoms. The minimum atomic E-state index is -0.412. The summed E-state index contributed by atoms with van der Waals surface area (Å²) in [5.74, 6) is -0.969. The molecule has 0 aliphatic rings. The molecule has 2 aromatic rings. The van der Waals surface area contributed by atoms with Gasteiger partial charge in [-0.1, -0.05) is 23.8 Å². The Morgan fingerprint density at radius 3 is 2.09 bits per heavy atom. The average molecular weight is 314 g/mol. The zero-order chi connectivity index (χ0) is 16.8. The minimum Gasteiger partial charge on any atom is -0.350 e. The van der Waals surface area contributed by atoms with Gasteiger partial charge in [-0.15, -0.1) is 0 Å². The molecule has 4 nitrogen and oxygen atoms in total. The van der Waals surface area contributed by atoms with Crippen LogP contribution in [0.3, 0.4) is 0 Å². The number of aryl methyl sites for hydroxylation is 2. The number of hydrogen-bond acceptors (Lipinski definition) is 2. The molecule has 2 N–H and O–H groups in total. The number of hydrogen-bond donors (Lipinski definition) is 2. The highest BCUT2D eigenvalue weighted by molar-refractivity contribution is 5.95. The highest BCUT2D eigenvalue weighted by atomic mass is 19.1. The number of halogens is 1. The molecule has 0 fully saturated rings. The lowest BCUT2D eigenvalue weighted by atomic mass is 10.1. The van der Waals surface area contributed by atoms with Crippen LogP contribution in [0.15, 0.2) is 42.5 Å². The SMILES string of the molecule is Cc1cccc(C(=O)NCCNC(=O)c2ccc(C)c(F)c2)c1. The molecule has 2 rings (SSSR count). The summed E-state index contributed by atoms with van der Waals surface area (Å²) >= 11 is 0. The van der Waals surface area contributed by atoms with E-state index >= 15 is 0 Å². The lowest BCUT2D eigenvalue weighted by Crippen LogP contribution is -2.34. The Morgan fingerprint density at radius 2 is 1.52 bits per heavy atom. The van der Waals surface area contributed by atoms with E-state index in [1.165, 1.54) is 6.07 Å². The molecule has 2 aromatic carbocycles. The summed E-state index contributed by atoms with van der Waals surface area (Å²) in [7, 11) is 0. The van der Waals surface area contributed by atoms with Gasteiger partial charge in [-0.05, 0) is 43.7 Å². The van der Waals surface area contributed by atoms with Crippen molar-refractivity contribution in [1.82, 2.24) is 10.6 Å². The molecule has 120 valence electrons. The lowest BCUT2D eigenvalue weighted by Gasteiger charge is -2.08. The van der Waals surface area contributed by atoms with Crippen LogP contribution < -0.4 is 10.6 Å². The first-order chi connectivity index (χ1) is 11.0. The van der Waals surface area contributed by atoms with Gasteiger partial charge >= 0.3 is 0 Å². The Balaban J connectivity index is 1.79. The Hall–Kier alpha value is -2.69. The van der Waals surface area contributed by atoms with Crippen molar-refractivity contribution < 1.29 is 14.0 Å². The Labute approximate surface area is 134 Å². The largest absolute Gasteiger partial charge is 0.350 e. The maximum atomic E-state index is 13.4. The topological polar surface area (TPSA) is 58.2 Å². The number of carbonyl (C=O) groups excluding carboxylic acids is 2. The van der Waals surface area contributed by atoms with E-state index in [0.29, 0.717) is 17.7 Å². The van der Waals surface area contributed by atoms with Gasteiger partial charge in [0, 0.05) is 24.2 Å². The van der Waals surface area contributed by atoms with E-state index in [9.17, 15) is 14.0 Å². The van der Waals surface area contributed by atoms with Gasteiger partial charge in [0.1, 0.15) is 5.82 Å². The molecule has 0 unspecified atom stereocenters. The Kier molecular flexibility index (Phi) is 5.46. The van der Waals surface area contributed by atoms with Gasteiger partial charge in [-0.2, -0.15) is 0 Å². The molecule has 0 aromatic heterocycles. The number of carbonyl (C=O) groups is 2. The summed E-state index contributed by atoms with van der Waals surface area (Å²) in [5, 5.41) is 5.37. The van der Waals surface area contributed by atoms with Crippen molar-refractivity contribution in [3.63, 3.8) is 0 Å². The second kappa shape index (κ2) is 7.54. The molecule has 0 radical (unpaired) electrons. The first kappa shape index (κ1) is 16.7. The van der Waals surface area contributed by atoms with Crippen LogP contribution in [-0.2, 0) is 0 Å². The second-order valence-electron chi connectivity index (χ2n) is 5.35. The summed E-state index contributed by atoms with van der Waals surface area (Å²) in [5.41, 5.74) is 2.34. The summed E-state index contributed by atoms with van der Waals surface area (Å²) in [4.78, 5) is 23.8.